The molecule has 1 aliphatic rings. The Bertz CT molecular complexity index is 1420. The lowest BCUT2D eigenvalue weighted by atomic mass is 10.0. The number of benzene rings is 3. The zero-order valence-corrected chi connectivity index (χ0v) is 26.0. The lowest BCUT2D eigenvalue weighted by Crippen LogP contribution is -2.54. The minimum Gasteiger partial charge on any atom is -0.379 e. The van der Waals surface area contributed by atoms with E-state index < -0.39 is 28.5 Å². The summed E-state index contributed by atoms with van der Waals surface area (Å²) >= 11 is 6.12. The van der Waals surface area contributed by atoms with Crippen LogP contribution < -0.4 is 5.32 Å². The molecule has 0 radical (unpaired) electrons. The zero-order chi connectivity index (χ0) is 30.7. The van der Waals surface area contributed by atoms with Crippen LogP contribution in [0, 0.1) is 0 Å². The molecule has 1 fully saturated rings. The Labute approximate surface area is 259 Å². The first-order valence-corrected chi connectivity index (χ1v) is 16.6. The molecule has 43 heavy (non-hydrogen) atoms. The first-order chi connectivity index (χ1) is 20.7. The predicted octanol–water partition coefficient (Wildman–Crippen LogP) is 3.19. The number of hydrogen-bond acceptors (Lipinski definition) is 6. The van der Waals surface area contributed by atoms with E-state index in [0.717, 1.165) is 40.3 Å². The van der Waals surface area contributed by atoms with Crippen LogP contribution in [-0.4, -0.2) is 92.6 Å². The maximum absolute atomic E-state index is 14.1. The number of amides is 2. The van der Waals surface area contributed by atoms with Crippen LogP contribution in [0.5, 0.6) is 0 Å². The third-order valence-electron chi connectivity index (χ3n) is 7.35. The average molecular weight is 627 g/mol. The maximum atomic E-state index is 14.1. The highest BCUT2D eigenvalue weighted by atomic mass is 35.5. The highest BCUT2D eigenvalue weighted by molar-refractivity contribution is 7.88. The molecule has 2 amide bonds. The van der Waals surface area contributed by atoms with E-state index in [9.17, 15) is 18.0 Å². The van der Waals surface area contributed by atoms with E-state index in [1.807, 2.05) is 60.7 Å². The highest BCUT2D eigenvalue weighted by Gasteiger charge is 2.33. The summed E-state index contributed by atoms with van der Waals surface area (Å²) < 4.78 is 32.2. The number of halogens is 1. The second-order valence-electron chi connectivity index (χ2n) is 10.6. The van der Waals surface area contributed by atoms with E-state index in [1.165, 1.54) is 4.90 Å². The Kier molecular flexibility index (Phi) is 12.1. The van der Waals surface area contributed by atoms with Gasteiger partial charge in [0.15, 0.2) is 0 Å². The van der Waals surface area contributed by atoms with Crippen LogP contribution in [-0.2, 0) is 43.9 Å². The molecular weight excluding hydrogens is 588 g/mol. The van der Waals surface area contributed by atoms with Crippen LogP contribution in [0.2, 0.25) is 5.02 Å². The molecular formula is C32H39ClN4O5S. The third-order valence-corrected chi connectivity index (χ3v) is 8.80. The van der Waals surface area contributed by atoms with Gasteiger partial charge in [-0.05, 0) is 28.8 Å². The molecule has 0 spiro atoms. The van der Waals surface area contributed by atoms with Crippen LogP contribution in [0.1, 0.15) is 16.7 Å². The molecule has 230 valence electrons. The molecule has 1 heterocycles. The molecule has 9 nitrogen and oxygen atoms in total. The number of sulfonamides is 1. The topological polar surface area (TPSA) is 99.3 Å². The molecule has 1 aliphatic heterocycles. The zero-order valence-electron chi connectivity index (χ0n) is 24.4. The van der Waals surface area contributed by atoms with E-state index >= 15 is 0 Å². The van der Waals surface area contributed by atoms with Crippen molar-refractivity contribution in [2.75, 3.05) is 52.2 Å². The van der Waals surface area contributed by atoms with E-state index in [1.54, 1.807) is 24.3 Å². The fourth-order valence-electron chi connectivity index (χ4n) is 4.94. The molecule has 1 atom stereocenters. The summed E-state index contributed by atoms with van der Waals surface area (Å²) in [5.41, 5.74) is 2.41. The standard InChI is InChI=1S/C32H39ClN4O5S/c1-43(40,41)36(23-27-10-6-3-7-11-27)25-31(38)37(24-28-12-14-29(33)15-13-28)30(22-26-8-4-2-5-9-26)32(39)34-16-17-35-18-20-42-21-19-35/h2-15,30H,16-25H2,1H3,(H,34,39)/t30-/m0/s1. The normalized spacial score (nSPS) is 14.8. The van der Waals surface area contributed by atoms with Crippen LogP contribution in [0.15, 0.2) is 84.9 Å². The second-order valence-corrected chi connectivity index (χ2v) is 13.0. The molecule has 1 N–H and O–H groups in total. The molecule has 3 aromatic rings. The quantitative estimate of drug-likeness (QED) is 0.295. The molecule has 1 saturated heterocycles. The lowest BCUT2D eigenvalue weighted by Gasteiger charge is -2.33. The van der Waals surface area contributed by atoms with E-state index in [0.29, 0.717) is 31.3 Å². The Balaban J connectivity index is 1.61. The van der Waals surface area contributed by atoms with Crippen molar-refractivity contribution in [3.63, 3.8) is 0 Å². The number of nitrogens with one attached hydrogen (secondary N) is 1. The first-order valence-electron chi connectivity index (χ1n) is 14.3. The summed E-state index contributed by atoms with van der Waals surface area (Å²) in [6.45, 7) is 3.73. The van der Waals surface area contributed by atoms with Crippen molar-refractivity contribution in [2.45, 2.75) is 25.6 Å². The minimum absolute atomic E-state index is 0.0370. The monoisotopic (exact) mass is 626 g/mol. The fourth-order valence-corrected chi connectivity index (χ4v) is 5.79. The number of hydrogen-bond donors (Lipinski definition) is 1. The molecule has 11 heteroatoms. The van der Waals surface area contributed by atoms with Crippen LogP contribution in [0.3, 0.4) is 0 Å². The average Bonchev–Trinajstić information content (AvgIpc) is 3.00. The first kappa shape index (κ1) is 32.6. The number of ether oxygens (including phenoxy) is 1. The summed E-state index contributed by atoms with van der Waals surface area (Å²) in [6, 6.07) is 24.8. The maximum Gasteiger partial charge on any atom is 0.243 e. The Morgan fingerprint density at radius 2 is 1.47 bits per heavy atom. The van der Waals surface area contributed by atoms with Crippen molar-refractivity contribution in [1.29, 1.82) is 0 Å². The van der Waals surface area contributed by atoms with E-state index in [2.05, 4.69) is 10.2 Å². The number of rotatable bonds is 14. The number of nitrogens with zero attached hydrogens (tertiary/aromatic N) is 3. The van der Waals surface area contributed by atoms with Gasteiger partial charge in [0.25, 0.3) is 0 Å². The van der Waals surface area contributed by atoms with Gasteiger partial charge in [-0.1, -0.05) is 84.4 Å². The number of carbonyl (C=O) groups excluding carboxylic acids is 2. The smallest absolute Gasteiger partial charge is 0.243 e. The molecule has 0 unspecified atom stereocenters. The molecule has 0 saturated carbocycles. The minimum atomic E-state index is -3.75. The van der Waals surface area contributed by atoms with Gasteiger partial charge in [-0.3, -0.25) is 14.5 Å². The largest absolute Gasteiger partial charge is 0.379 e. The van der Waals surface area contributed by atoms with Crippen molar-refractivity contribution in [2.24, 2.45) is 0 Å². The van der Waals surface area contributed by atoms with E-state index in [-0.39, 0.29) is 25.4 Å². The van der Waals surface area contributed by atoms with Gasteiger partial charge in [-0.2, -0.15) is 4.31 Å². The van der Waals surface area contributed by atoms with Crippen molar-refractivity contribution < 1.29 is 22.7 Å². The Hall–Kier alpha value is -3.28. The van der Waals surface area contributed by atoms with Crippen molar-refractivity contribution in [3.8, 4) is 0 Å². The van der Waals surface area contributed by atoms with Gasteiger partial charge in [-0.25, -0.2) is 8.42 Å². The van der Waals surface area contributed by atoms with Crippen molar-refractivity contribution in [1.82, 2.24) is 19.4 Å². The van der Waals surface area contributed by atoms with Crippen LogP contribution >= 0.6 is 11.6 Å². The van der Waals surface area contributed by atoms with Crippen molar-refractivity contribution in [3.05, 3.63) is 107 Å². The van der Waals surface area contributed by atoms with Gasteiger partial charge < -0.3 is 15.0 Å². The van der Waals surface area contributed by atoms with Gasteiger partial charge in [0.1, 0.15) is 6.04 Å². The van der Waals surface area contributed by atoms with E-state index in [4.69, 9.17) is 16.3 Å². The van der Waals surface area contributed by atoms with Gasteiger partial charge in [0.05, 0.1) is 26.0 Å². The highest BCUT2D eigenvalue weighted by Crippen LogP contribution is 2.18. The SMILES string of the molecule is CS(=O)(=O)N(CC(=O)N(Cc1ccc(Cl)cc1)[C@@H](Cc1ccccc1)C(=O)NCCN1CCOCC1)Cc1ccccc1. The molecule has 0 aromatic heterocycles. The second kappa shape index (κ2) is 16.0. The molecule has 0 aliphatic carbocycles. The fraction of sp³-hybridized carbons (Fsp3) is 0.375. The summed E-state index contributed by atoms with van der Waals surface area (Å²) in [7, 11) is -3.75. The Morgan fingerprint density at radius 1 is 0.884 bits per heavy atom. The number of morpholine rings is 1. The van der Waals surface area contributed by atoms with Crippen LogP contribution in [0.25, 0.3) is 0 Å². The van der Waals surface area contributed by atoms with Crippen LogP contribution in [0.4, 0.5) is 0 Å². The summed E-state index contributed by atoms with van der Waals surface area (Å²) in [5.74, 6) is -0.769. The Morgan fingerprint density at radius 3 is 2.07 bits per heavy atom. The third kappa shape index (κ3) is 10.4. The van der Waals surface area contributed by atoms with Gasteiger partial charge in [0.2, 0.25) is 21.8 Å². The van der Waals surface area contributed by atoms with Gasteiger partial charge in [-0.15, -0.1) is 0 Å². The molecule has 4 rings (SSSR count). The number of carbonyl (C=O) groups is 2. The molecule has 0 bridgehead atoms. The van der Waals surface area contributed by atoms with Gasteiger partial charge in [0, 0.05) is 50.7 Å². The van der Waals surface area contributed by atoms with Crippen molar-refractivity contribution >= 4 is 33.4 Å². The summed E-state index contributed by atoms with van der Waals surface area (Å²) in [5, 5.41) is 3.59. The summed E-state index contributed by atoms with van der Waals surface area (Å²) in [6.07, 6.45) is 1.35. The predicted molar refractivity (Wildman–Crippen MR) is 168 cm³/mol. The summed E-state index contributed by atoms with van der Waals surface area (Å²) in [4.78, 5) is 31.7. The van der Waals surface area contributed by atoms with Gasteiger partial charge >= 0.3 is 0 Å². The molecule has 3 aromatic carbocycles. The lowest BCUT2D eigenvalue weighted by molar-refractivity contribution is -0.141.